The van der Waals surface area contributed by atoms with Crippen LogP contribution in [0, 0.1) is 0 Å². The monoisotopic (exact) mass is 838 g/mol. The zero-order chi connectivity index (χ0) is 43.0. The molecule has 0 spiro atoms. The first kappa shape index (κ1) is 55.7. The maximum absolute atomic E-state index is 13.0. The SMILES string of the molecule is CCCCCCCCCCC/C=C/CC/C=C/C(O)C(COC1OC(CO)C(O)C(O)C1O)NC(=O)CCCCCCCCCCCCCCCCCCCCCCC. The summed E-state index contributed by atoms with van der Waals surface area (Å²) in [6.45, 7) is 3.77. The fourth-order valence-corrected chi connectivity index (χ4v) is 8.00. The highest BCUT2D eigenvalue weighted by atomic mass is 16.7. The van der Waals surface area contributed by atoms with Crippen molar-refractivity contribution in [1.29, 1.82) is 0 Å². The van der Waals surface area contributed by atoms with Crippen LogP contribution in [0.5, 0.6) is 0 Å². The van der Waals surface area contributed by atoms with Gasteiger partial charge in [0.2, 0.25) is 5.91 Å². The molecule has 1 fully saturated rings. The standard InChI is InChI=1S/C50H95NO8/c1-3-5-7-9-11-13-15-17-19-20-21-22-23-24-26-28-30-32-34-36-38-40-46(54)51-43(42-58-50-49(57)48(56)47(55)45(41-52)59-50)44(53)39-37-35-33-31-29-27-25-18-16-14-12-10-8-6-4-2/h29,31,37,39,43-45,47-50,52-53,55-57H,3-28,30,32-36,38,40-42H2,1-2H3,(H,51,54)/b31-29+,39-37+. The van der Waals surface area contributed by atoms with E-state index < -0.39 is 49.5 Å². The molecule has 1 aliphatic heterocycles. The van der Waals surface area contributed by atoms with Crippen LogP contribution in [0.2, 0.25) is 0 Å². The molecule has 0 aromatic heterocycles. The number of aliphatic hydroxyl groups is 5. The minimum Gasteiger partial charge on any atom is -0.394 e. The first-order chi connectivity index (χ1) is 28.8. The van der Waals surface area contributed by atoms with Gasteiger partial charge in [-0.1, -0.05) is 218 Å². The van der Waals surface area contributed by atoms with Gasteiger partial charge in [-0.3, -0.25) is 4.79 Å². The second kappa shape index (κ2) is 40.7. The molecule has 0 radical (unpaired) electrons. The van der Waals surface area contributed by atoms with Crippen molar-refractivity contribution >= 4 is 5.91 Å². The molecular formula is C50H95NO8. The summed E-state index contributed by atoms with van der Waals surface area (Å²) in [4.78, 5) is 13.0. The number of aliphatic hydroxyl groups excluding tert-OH is 5. The number of amides is 1. The zero-order valence-electron chi connectivity index (χ0n) is 38.3. The fourth-order valence-electron chi connectivity index (χ4n) is 8.00. The summed E-state index contributed by atoms with van der Waals surface area (Å²) >= 11 is 0. The lowest BCUT2D eigenvalue weighted by atomic mass is 9.99. The molecule has 1 aliphatic rings. The number of nitrogens with one attached hydrogen (secondary N) is 1. The predicted molar refractivity (Wildman–Crippen MR) is 244 cm³/mol. The molecule has 348 valence electrons. The smallest absolute Gasteiger partial charge is 0.220 e. The molecule has 7 unspecified atom stereocenters. The third-order valence-electron chi connectivity index (χ3n) is 12.0. The largest absolute Gasteiger partial charge is 0.394 e. The topological polar surface area (TPSA) is 149 Å². The summed E-state index contributed by atoms with van der Waals surface area (Å²) in [5.41, 5.74) is 0. The summed E-state index contributed by atoms with van der Waals surface area (Å²) in [6.07, 6.45) is 42.3. The Morgan fingerprint density at radius 1 is 0.559 bits per heavy atom. The first-order valence-corrected chi connectivity index (χ1v) is 25.1. The molecule has 0 saturated carbocycles. The Hall–Kier alpha value is -1.33. The molecule has 0 aromatic rings. The van der Waals surface area contributed by atoms with Crippen molar-refractivity contribution in [2.24, 2.45) is 0 Å². The fraction of sp³-hybridized carbons (Fsp3) is 0.900. The quantitative estimate of drug-likeness (QED) is 0.0263. The van der Waals surface area contributed by atoms with Crippen LogP contribution < -0.4 is 5.32 Å². The summed E-state index contributed by atoms with van der Waals surface area (Å²) in [5.74, 6) is -0.183. The number of carbonyl (C=O) groups excluding carboxylic acids is 1. The summed E-state index contributed by atoms with van der Waals surface area (Å²) in [5, 5.41) is 54.2. The number of allylic oxidation sites excluding steroid dienone is 3. The molecule has 1 saturated heterocycles. The first-order valence-electron chi connectivity index (χ1n) is 25.1. The Kier molecular flexibility index (Phi) is 38.4. The minimum absolute atomic E-state index is 0.183. The van der Waals surface area contributed by atoms with Crippen LogP contribution in [0.3, 0.4) is 0 Å². The minimum atomic E-state index is -1.57. The number of rotatable bonds is 42. The van der Waals surface area contributed by atoms with Crippen LogP contribution in [0.4, 0.5) is 0 Å². The predicted octanol–water partition coefficient (Wildman–Crippen LogP) is 11.1. The van der Waals surface area contributed by atoms with E-state index in [1.54, 1.807) is 6.08 Å². The van der Waals surface area contributed by atoms with Crippen molar-refractivity contribution in [3.8, 4) is 0 Å². The Morgan fingerprint density at radius 3 is 1.42 bits per heavy atom. The molecule has 0 aliphatic carbocycles. The Bertz CT molecular complexity index is 977. The van der Waals surface area contributed by atoms with Gasteiger partial charge >= 0.3 is 0 Å². The van der Waals surface area contributed by atoms with Crippen LogP contribution in [0.1, 0.15) is 232 Å². The highest BCUT2D eigenvalue weighted by molar-refractivity contribution is 5.76. The maximum atomic E-state index is 13.0. The van der Waals surface area contributed by atoms with E-state index >= 15 is 0 Å². The van der Waals surface area contributed by atoms with Gasteiger partial charge in [0.1, 0.15) is 24.4 Å². The van der Waals surface area contributed by atoms with Crippen LogP contribution >= 0.6 is 0 Å². The number of unbranched alkanes of at least 4 members (excludes halogenated alkanes) is 30. The lowest BCUT2D eigenvalue weighted by Crippen LogP contribution is -2.60. The van der Waals surface area contributed by atoms with E-state index in [-0.39, 0.29) is 12.5 Å². The van der Waals surface area contributed by atoms with E-state index in [9.17, 15) is 30.3 Å². The van der Waals surface area contributed by atoms with E-state index in [0.29, 0.717) is 6.42 Å². The molecule has 1 rings (SSSR count). The molecule has 6 N–H and O–H groups in total. The van der Waals surface area contributed by atoms with E-state index in [2.05, 4.69) is 31.3 Å². The van der Waals surface area contributed by atoms with Gasteiger partial charge in [-0.05, 0) is 32.1 Å². The average molecular weight is 838 g/mol. The van der Waals surface area contributed by atoms with E-state index in [0.717, 1.165) is 38.5 Å². The van der Waals surface area contributed by atoms with Crippen LogP contribution in [-0.4, -0.2) is 87.5 Å². The molecule has 1 amide bonds. The molecule has 7 atom stereocenters. The lowest BCUT2D eigenvalue weighted by molar-refractivity contribution is -0.302. The zero-order valence-corrected chi connectivity index (χ0v) is 38.3. The molecule has 9 nitrogen and oxygen atoms in total. The Morgan fingerprint density at radius 2 is 0.966 bits per heavy atom. The van der Waals surface area contributed by atoms with Crippen molar-refractivity contribution in [1.82, 2.24) is 5.32 Å². The van der Waals surface area contributed by atoms with Crippen molar-refractivity contribution in [3.05, 3.63) is 24.3 Å². The van der Waals surface area contributed by atoms with Crippen molar-refractivity contribution in [3.63, 3.8) is 0 Å². The summed E-state index contributed by atoms with van der Waals surface area (Å²) < 4.78 is 11.2. The molecule has 1 heterocycles. The van der Waals surface area contributed by atoms with Gasteiger partial charge < -0.3 is 40.3 Å². The number of ether oxygens (including phenoxy) is 2. The molecule has 0 aromatic carbocycles. The van der Waals surface area contributed by atoms with Crippen LogP contribution in [0.25, 0.3) is 0 Å². The highest BCUT2D eigenvalue weighted by Crippen LogP contribution is 2.23. The normalized spacial score (nSPS) is 20.8. The average Bonchev–Trinajstić information content (AvgIpc) is 3.23. The van der Waals surface area contributed by atoms with Gasteiger partial charge in [-0.2, -0.15) is 0 Å². The van der Waals surface area contributed by atoms with Gasteiger partial charge in [-0.25, -0.2) is 0 Å². The van der Waals surface area contributed by atoms with Gasteiger partial charge in [0.25, 0.3) is 0 Å². The Balaban J connectivity index is 2.30. The lowest BCUT2D eigenvalue weighted by Gasteiger charge is -2.40. The van der Waals surface area contributed by atoms with Crippen molar-refractivity contribution < 1.29 is 39.8 Å². The highest BCUT2D eigenvalue weighted by Gasteiger charge is 2.44. The van der Waals surface area contributed by atoms with E-state index in [1.807, 2.05) is 6.08 Å². The molecule has 0 bridgehead atoms. The third-order valence-corrected chi connectivity index (χ3v) is 12.0. The molecule has 9 heteroatoms. The van der Waals surface area contributed by atoms with Crippen LogP contribution in [-0.2, 0) is 14.3 Å². The van der Waals surface area contributed by atoms with Gasteiger partial charge in [0.15, 0.2) is 6.29 Å². The number of carbonyl (C=O) groups is 1. The third kappa shape index (κ3) is 31.2. The Labute approximate surface area is 362 Å². The van der Waals surface area contributed by atoms with Crippen molar-refractivity contribution in [2.75, 3.05) is 13.2 Å². The molecule has 59 heavy (non-hydrogen) atoms. The van der Waals surface area contributed by atoms with Gasteiger partial charge in [0, 0.05) is 6.42 Å². The molecular weight excluding hydrogens is 743 g/mol. The maximum Gasteiger partial charge on any atom is 0.220 e. The second-order valence-electron chi connectivity index (χ2n) is 17.6. The summed E-state index contributed by atoms with van der Waals surface area (Å²) in [7, 11) is 0. The van der Waals surface area contributed by atoms with Gasteiger partial charge in [0.05, 0.1) is 25.4 Å². The van der Waals surface area contributed by atoms with Crippen molar-refractivity contribution in [2.45, 2.75) is 275 Å². The number of hydrogen-bond donors (Lipinski definition) is 6. The van der Waals surface area contributed by atoms with Gasteiger partial charge in [-0.15, -0.1) is 0 Å². The van der Waals surface area contributed by atoms with E-state index in [1.165, 1.54) is 173 Å². The second-order valence-corrected chi connectivity index (χ2v) is 17.6. The van der Waals surface area contributed by atoms with Crippen LogP contribution in [0.15, 0.2) is 24.3 Å². The number of hydrogen-bond acceptors (Lipinski definition) is 8. The summed E-state index contributed by atoms with van der Waals surface area (Å²) in [6, 6.07) is -0.816. The van der Waals surface area contributed by atoms with E-state index in [4.69, 9.17) is 9.47 Å².